The van der Waals surface area contributed by atoms with Crippen molar-refractivity contribution in [2.45, 2.75) is 37.7 Å². The molecule has 1 unspecified atom stereocenters. The second-order valence-corrected chi connectivity index (χ2v) is 3.79. The Kier molecular flexibility index (Phi) is 2.15. The summed E-state index contributed by atoms with van der Waals surface area (Å²) >= 11 is 0. The van der Waals surface area contributed by atoms with Crippen molar-refractivity contribution in [2.75, 3.05) is 13.3 Å². The van der Waals surface area contributed by atoms with E-state index in [0.717, 1.165) is 32.2 Å². The van der Waals surface area contributed by atoms with E-state index in [0.29, 0.717) is 18.9 Å². The summed E-state index contributed by atoms with van der Waals surface area (Å²) in [4.78, 5) is 11.2. The highest BCUT2D eigenvalue weighted by molar-refractivity contribution is 5.80. The lowest BCUT2D eigenvalue weighted by atomic mass is 9.81. The van der Waals surface area contributed by atoms with Crippen LogP contribution in [0.3, 0.4) is 0 Å². The van der Waals surface area contributed by atoms with E-state index in [9.17, 15) is 4.79 Å². The molecule has 1 spiro atoms. The minimum atomic E-state index is -0.0828. The maximum atomic E-state index is 11.2. The first-order valence-corrected chi connectivity index (χ1v) is 4.67. The Morgan fingerprint density at radius 3 is 3.00 bits per heavy atom. The fourth-order valence-electron chi connectivity index (χ4n) is 2.15. The van der Waals surface area contributed by atoms with Crippen molar-refractivity contribution in [3.05, 3.63) is 0 Å². The van der Waals surface area contributed by atoms with Gasteiger partial charge in [-0.25, -0.2) is 0 Å². The molecule has 1 heterocycles. The van der Waals surface area contributed by atoms with E-state index in [4.69, 9.17) is 4.74 Å². The van der Waals surface area contributed by atoms with Crippen LogP contribution in [0.25, 0.3) is 0 Å². The number of hydrogen-bond donors (Lipinski definition) is 1. The van der Waals surface area contributed by atoms with Crippen molar-refractivity contribution in [1.82, 2.24) is 5.32 Å². The molecule has 0 aromatic heterocycles. The number of ether oxygens (including phenoxy) is 1. The molecular formula is C9H15NO2. The van der Waals surface area contributed by atoms with Crippen molar-refractivity contribution in [1.29, 1.82) is 0 Å². The molecule has 1 saturated carbocycles. The topological polar surface area (TPSA) is 38.3 Å². The standard InChI is InChI=1S/C9H15NO2/c11-8-2-1-3-9(6-8)4-5-10-7-12-9/h10H,1-7H2. The first-order chi connectivity index (χ1) is 5.81. The van der Waals surface area contributed by atoms with Gasteiger partial charge in [0.25, 0.3) is 0 Å². The number of rotatable bonds is 0. The summed E-state index contributed by atoms with van der Waals surface area (Å²) in [7, 11) is 0. The average Bonchev–Trinajstić information content (AvgIpc) is 2.05. The van der Waals surface area contributed by atoms with Crippen molar-refractivity contribution in [2.24, 2.45) is 0 Å². The molecule has 2 aliphatic rings. The normalized spacial score (nSPS) is 37.2. The van der Waals surface area contributed by atoms with Crippen LogP contribution >= 0.6 is 0 Å². The van der Waals surface area contributed by atoms with Crippen LogP contribution in [0.5, 0.6) is 0 Å². The number of carbonyl (C=O) groups is 1. The zero-order chi connectivity index (χ0) is 8.44. The lowest BCUT2D eigenvalue weighted by Crippen LogP contribution is -2.47. The molecule has 1 atom stereocenters. The van der Waals surface area contributed by atoms with E-state index in [1.807, 2.05) is 0 Å². The van der Waals surface area contributed by atoms with Gasteiger partial charge in [-0.3, -0.25) is 10.1 Å². The Hall–Kier alpha value is -0.410. The van der Waals surface area contributed by atoms with E-state index >= 15 is 0 Å². The Balaban J connectivity index is 2.02. The number of hydrogen-bond acceptors (Lipinski definition) is 3. The molecule has 0 amide bonds. The quantitative estimate of drug-likeness (QED) is 0.584. The molecule has 1 aliphatic heterocycles. The predicted octanol–water partition coefficient (Wildman–Crippen LogP) is 0.836. The van der Waals surface area contributed by atoms with Gasteiger partial charge in [0.1, 0.15) is 5.78 Å². The molecule has 1 N–H and O–H groups in total. The Morgan fingerprint density at radius 2 is 2.33 bits per heavy atom. The minimum absolute atomic E-state index is 0.0828. The summed E-state index contributed by atoms with van der Waals surface area (Å²) in [6, 6.07) is 0. The summed E-state index contributed by atoms with van der Waals surface area (Å²) < 4.78 is 5.64. The van der Waals surface area contributed by atoms with Crippen LogP contribution in [0.15, 0.2) is 0 Å². The molecular weight excluding hydrogens is 154 g/mol. The van der Waals surface area contributed by atoms with Crippen molar-refractivity contribution in [3.63, 3.8) is 0 Å². The number of carbonyl (C=O) groups excluding carboxylic acids is 1. The van der Waals surface area contributed by atoms with Gasteiger partial charge >= 0.3 is 0 Å². The third-order valence-electron chi connectivity index (χ3n) is 2.85. The van der Waals surface area contributed by atoms with Crippen molar-refractivity contribution >= 4 is 5.78 Å². The van der Waals surface area contributed by atoms with Gasteiger partial charge in [0.15, 0.2) is 0 Å². The first kappa shape index (κ1) is 8.20. The van der Waals surface area contributed by atoms with Crippen LogP contribution in [0.2, 0.25) is 0 Å². The zero-order valence-corrected chi connectivity index (χ0v) is 7.27. The van der Waals surface area contributed by atoms with Gasteiger partial charge in [0, 0.05) is 12.8 Å². The number of nitrogens with one attached hydrogen (secondary N) is 1. The van der Waals surface area contributed by atoms with Crippen LogP contribution in [0.1, 0.15) is 32.1 Å². The van der Waals surface area contributed by atoms with Gasteiger partial charge in [-0.15, -0.1) is 0 Å². The third kappa shape index (κ3) is 1.52. The predicted molar refractivity (Wildman–Crippen MR) is 44.8 cm³/mol. The largest absolute Gasteiger partial charge is 0.359 e. The molecule has 12 heavy (non-hydrogen) atoms. The van der Waals surface area contributed by atoms with Crippen LogP contribution in [0, 0.1) is 0 Å². The average molecular weight is 169 g/mol. The highest BCUT2D eigenvalue weighted by Crippen LogP contribution is 2.33. The highest BCUT2D eigenvalue weighted by atomic mass is 16.5. The van der Waals surface area contributed by atoms with E-state index in [1.54, 1.807) is 0 Å². The maximum Gasteiger partial charge on any atom is 0.135 e. The molecule has 0 bridgehead atoms. The lowest BCUT2D eigenvalue weighted by molar-refractivity contribution is -0.140. The molecule has 2 fully saturated rings. The van der Waals surface area contributed by atoms with Crippen LogP contribution in [-0.4, -0.2) is 24.7 Å². The Morgan fingerprint density at radius 1 is 1.42 bits per heavy atom. The molecule has 68 valence electrons. The summed E-state index contributed by atoms with van der Waals surface area (Å²) in [6.07, 6.45) is 4.49. The fraction of sp³-hybridized carbons (Fsp3) is 0.889. The van der Waals surface area contributed by atoms with Gasteiger partial charge in [-0.1, -0.05) is 0 Å². The van der Waals surface area contributed by atoms with Crippen LogP contribution in [-0.2, 0) is 9.53 Å². The van der Waals surface area contributed by atoms with E-state index in [-0.39, 0.29) is 5.60 Å². The van der Waals surface area contributed by atoms with Crippen LogP contribution < -0.4 is 5.32 Å². The first-order valence-electron chi connectivity index (χ1n) is 4.67. The van der Waals surface area contributed by atoms with Crippen LogP contribution in [0.4, 0.5) is 0 Å². The molecule has 2 rings (SSSR count). The van der Waals surface area contributed by atoms with E-state index < -0.39 is 0 Å². The zero-order valence-electron chi connectivity index (χ0n) is 7.27. The smallest absolute Gasteiger partial charge is 0.135 e. The monoisotopic (exact) mass is 169 g/mol. The molecule has 3 heteroatoms. The molecule has 0 aromatic rings. The minimum Gasteiger partial charge on any atom is -0.359 e. The second-order valence-electron chi connectivity index (χ2n) is 3.79. The maximum absolute atomic E-state index is 11.2. The van der Waals surface area contributed by atoms with Gasteiger partial charge < -0.3 is 4.74 Å². The highest BCUT2D eigenvalue weighted by Gasteiger charge is 2.37. The van der Waals surface area contributed by atoms with Crippen molar-refractivity contribution in [3.8, 4) is 0 Å². The Labute approximate surface area is 72.5 Å². The lowest BCUT2D eigenvalue weighted by Gasteiger charge is -2.39. The van der Waals surface area contributed by atoms with Gasteiger partial charge in [0.05, 0.1) is 12.3 Å². The molecule has 0 radical (unpaired) electrons. The molecule has 0 aromatic carbocycles. The van der Waals surface area contributed by atoms with Gasteiger partial charge in [-0.2, -0.15) is 0 Å². The van der Waals surface area contributed by atoms with E-state index in [2.05, 4.69) is 5.32 Å². The fourth-order valence-corrected chi connectivity index (χ4v) is 2.15. The SMILES string of the molecule is O=C1CCCC2(CCNCO2)C1. The molecule has 3 nitrogen and oxygen atoms in total. The second kappa shape index (κ2) is 3.15. The van der Waals surface area contributed by atoms with Gasteiger partial charge in [0.2, 0.25) is 0 Å². The summed E-state index contributed by atoms with van der Waals surface area (Å²) in [5, 5.41) is 3.14. The number of Topliss-reactive ketones (excluding diaryl/α,β-unsaturated/α-hetero) is 1. The van der Waals surface area contributed by atoms with E-state index in [1.165, 1.54) is 0 Å². The number of ketones is 1. The summed E-state index contributed by atoms with van der Waals surface area (Å²) in [5.74, 6) is 0.378. The Bertz CT molecular complexity index is 179. The summed E-state index contributed by atoms with van der Waals surface area (Å²) in [6.45, 7) is 1.61. The van der Waals surface area contributed by atoms with Crippen molar-refractivity contribution < 1.29 is 9.53 Å². The summed E-state index contributed by atoms with van der Waals surface area (Å²) in [5.41, 5.74) is -0.0828. The molecule has 1 saturated heterocycles. The molecule has 1 aliphatic carbocycles. The third-order valence-corrected chi connectivity index (χ3v) is 2.85. The van der Waals surface area contributed by atoms with Gasteiger partial charge in [-0.05, 0) is 25.8 Å².